The van der Waals surface area contributed by atoms with Crippen molar-refractivity contribution in [1.82, 2.24) is 10.2 Å². The van der Waals surface area contributed by atoms with Gasteiger partial charge in [-0.2, -0.15) is 0 Å². The molecule has 1 aliphatic heterocycles. The van der Waals surface area contributed by atoms with Gasteiger partial charge in [-0.05, 0) is 26.2 Å². The van der Waals surface area contributed by atoms with Crippen molar-refractivity contribution in [3.8, 4) is 0 Å². The predicted molar refractivity (Wildman–Crippen MR) is 209 cm³/mol. The Balaban J connectivity index is 1.73. The summed E-state index contributed by atoms with van der Waals surface area (Å²) in [6, 6.07) is 0. The van der Waals surface area contributed by atoms with Crippen LogP contribution in [0.3, 0.4) is 0 Å². The summed E-state index contributed by atoms with van der Waals surface area (Å²) in [5.41, 5.74) is 0. The van der Waals surface area contributed by atoms with Crippen molar-refractivity contribution in [2.75, 3.05) is 72.5 Å². The first-order valence-electron chi connectivity index (χ1n) is 21.1. The van der Waals surface area contributed by atoms with Gasteiger partial charge in [0.2, 0.25) is 11.8 Å². The first kappa shape index (κ1) is 49.6. The highest BCUT2D eigenvalue weighted by Crippen LogP contribution is 2.19. The molecule has 12 nitrogen and oxygen atoms in total. The number of ether oxygens (including phenoxy) is 4. The zero-order valence-electron chi connectivity index (χ0n) is 33.9. The summed E-state index contributed by atoms with van der Waals surface area (Å²) < 4.78 is 21.3. The maximum atomic E-state index is 12.1. The highest BCUT2D eigenvalue weighted by molar-refractivity contribution is 6.03. The van der Waals surface area contributed by atoms with Gasteiger partial charge in [0.1, 0.15) is 24.8 Å². The SMILES string of the molecule is CC(=O)COCCOCCCC(=O)COCCOCCNCC(=O)CCCCCCCCCCCCCCCCCCC(=O)CCN1C(=O)CC(C)C1=O. The molecule has 1 unspecified atom stereocenters. The third-order valence-corrected chi connectivity index (χ3v) is 9.55. The number of ketones is 4. The van der Waals surface area contributed by atoms with Crippen LogP contribution in [0.25, 0.3) is 0 Å². The molecule has 2 amide bonds. The van der Waals surface area contributed by atoms with Crippen molar-refractivity contribution in [3.05, 3.63) is 0 Å². The van der Waals surface area contributed by atoms with Crippen molar-refractivity contribution in [2.45, 2.75) is 155 Å². The Hall–Kier alpha value is -2.38. The van der Waals surface area contributed by atoms with E-state index in [0.717, 1.165) is 25.7 Å². The van der Waals surface area contributed by atoms with E-state index in [2.05, 4.69) is 5.32 Å². The van der Waals surface area contributed by atoms with E-state index in [1.54, 1.807) is 6.92 Å². The van der Waals surface area contributed by atoms with Crippen LogP contribution in [0.4, 0.5) is 0 Å². The molecular weight excluding hydrogens is 692 g/mol. The second-order valence-electron chi connectivity index (χ2n) is 14.8. The van der Waals surface area contributed by atoms with Gasteiger partial charge in [-0.1, -0.05) is 96.8 Å². The van der Waals surface area contributed by atoms with Gasteiger partial charge in [-0.3, -0.25) is 33.7 Å². The molecule has 1 heterocycles. The summed E-state index contributed by atoms with van der Waals surface area (Å²) in [6.45, 7) is 7.11. The Kier molecular flexibility index (Phi) is 32.2. The first-order valence-corrected chi connectivity index (χ1v) is 21.1. The minimum absolute atomic E-state index is 0.0175. The van der Waals surface area contributed by atoms with E-state index in [4.69, 9.17) is 18.9 Å². The number of hydrogen-bond donors (Lipinski definition) is 1. The average molecular weight is 767 g/mol. The van der Waals surface area contributed by atoms with Crippen LogP contribution in [0, 0.1) is 5.92 Å². The maximum absolute atomic E-state index is 12.1. The second kappa shape index (κ2) is 35.1. The zero-order chi connectivity index (χ0) is 39.5. The molecule has 1 rings (SSSR count). The predicted octanol–water partition coefficient (Wildman–Crippen LogP) is 6.53. The minimum atomic E-state index is -0.241. The molecule has 0 aliphatic carbocycles. The zero-order valence-corrected chi connectivity index (χ0v) is 33.9. The van der Waals surface area contributed by atoms with Crippen molar-refractivity contribution >= 4 is 34.9 Å². The lowest BCUT2D eigenvalue weighted by molar-refractivity contribution is -0.139. The van der Waals surface area contributed by atoms with Crippen LogP contribution in [0.2, 0.25) is 0 Å². The maximum Gasteiger partial charge on any atom is 0.232 e. The number of nitrogens with zero attached hydrogens (tertiary/aromatic N) is 1. The van der Waals surface area contributed by atoms with Crippen molar-refractivity contribution in [2.24, 2.45) is 5.92 Å². The summed E-state index contributed by atoms with van der Waals surface area (Å²) in [5, 5.41) is 3.14. The molecule has 0 aromatic heterocycles. The van der Waals surface area contributed by atoms with Gasteiger partial charge in [-0.15, -0.1) is 0 Å². The largest absolute Gasteiger partial charge is 0.379 e. The molecule has 0 aromatic rings. The number of amides is 2. The number of nitrogens with one attached hydrogen (secondary N) is 1. The number of rotatable bonds is 41. The molecule has 1 aliphatic rings. The fourth-order valence-electron chi connectivity index (χ4n) is 6.31. The molecule has 1 fully saturated rings. The number of carbonyl (C=O) groups excluding carboxylic acids is 6. The quantitative estimate of drug-likeness (QED) is 0.0534. The van der Waals surface area contributed by atoms with Gasteiger partial charge in [0.05, 0.1) is 39.6 Å². The molecule has 0 saturated carbocycles. The van der Waals surface area contributed by atoms with Crippen LogP contribution in [-0.4, -0.2) is 112 Å². The number of carbonyl (C=O) groups is 6. The van der Waals surface area contributed by atoms with Crippen molar-refractivity contribution in [1.29, 1.82) is 0 Å². The number of imide groups is 1. The summed E-state index contributed by atoms with van der Waals surface area (Å²) in [4.78, 5) is 71.8. The second-order valence-corrected chi connectivity index (χ2v) is 14.8. The topological polar surface area (TPSA) is 155 Å². The highest BCUT2D eigenvalue weighted by Gasteiger charge is 2.35. The van der Waals surface area contributed by atoms with Crippen LogP contribution in [0.5, 0.6) is 0 Å². The van der Waals surface area contributed by atoms with E-state index in [1.165, 1.54) is 88.9 Å². The lowest BCUT2D eigenvalue weighted by atomic mass is 10.0. The van der Waals surface area contributed by atoms with Gasteiger partial charge < -0.3 is 24.3 Å². The molecule has 312 valence electrons. The molecule has 1 saturated heterocycles. The van der Waals surface area contributed by atoms with Crippen LogP contribution in [0.1, 0.15) is 155 Å². The van der Waals surface area contributed by atoms with Crippen LogP contribution >= 0.6 is 0 Å². The van der Waals surface area contributed by atoms with E-state index in [-0.39, 0.29) is 67.0 Å². The third-order valence-electron chi connectivity index (χ3n) is 9.55. The molecule has 12 heteroatoms. The van der Waals surface area contributed by atoms with Gasteiger partial charge in [0.25, 0.3) is 0 Å². The number of unbranched alkanes of at least 4 members (excludes halogenated alkanes) is 15. The van der Waals surface area contributed by atoms with Gasteiger partial charge >= 0.3 is 0 Å². The van der Waals surface area contributed by atoms with E-state index in [0.29, 0.717) is 84.8 Å². The fraction of sp³-hybridized carbons (Fsp3) is 0.857. The van der Waals surface area contributed by atoms with E-state index in [9.17, 15) is 28.8 Å². The van der Waals surface area contributed by atoms with E-state index in [1.807, 2.05) is 0 Å². The van der Waals surface area contributed by atoms with Gasteiger partial charge in [-0.25, -0.2) is 0 Å². The Bertz CT molecular complexity index is 1040. The molecule has 0 radical (unpaired) electrons. The van der Waals surface area contributed by atoms with Gasteiger partial charge in [0.15, 0.2) is 11.6 Å². The van der Waals surface area contributed by atoms with Crippen molar-refractivity contribution < 1.29 is 47.7 Å². The third kappa shape index (κ3) is 29.9. The highest BCUT2D eigenvalue weighted by atomic mass is 16.5. The average Bonchev–Trinajstić information content (AvgIpc) is 3.39. The number of hydrogen-bond acceptors (Lipinski definition) is 11. The first-order chi connectivity index (χ1) is 26.2. The smallest absolute Gasteiger partial charge is 0.232 e. The molecule has 0 aromatic carbocycles. The minimum Gasteiger partial charge on any atom is -0.379 e. The monoisotopic (exact) mass is 767 g/mol. The Labute approximate surface area is 325 Å². The van der Waals surface area contributed by atoms with E-state index < -0.39 is 0 Å². The molecule has 0 spiro atoms. The number of likely N-dealkylation sites (tertiary alicyclic amines) is 1. The summed E-state index contributed by atoms with van der Waals surface area (Å²) >= 11 is 0. The van der Waals surface area contributed by atoms with Gasteiger partial charge in [0, 0.05) is 57.7 Å². The van der Waals surface area contributed by atoms with Crippen LogP contribution in [-0.2, 0) is 47.7 Å². The molecule has 1 atom stereocenters. The lowest BCUT2D eigenvalue weighted by Crippen LogP contribution is -2.32. The fourth-order valence-corrected chi connectivity index (χ4v) is 6.31. The molecule has 1 N–H and O–H groups in total. The lowest BCUT2D eigenvalue weighted by Gasteiger charge is -2.13. The molecule has 54 heavy (non-hydrogen) atoms. The summed E-state index contributed by atoms with van der Waals surface area (Å²) in [5.74, 6) is -0.115. The Morgan fingerprint density at radius 1 is 0.556 bits per heavy atom. The summed E-state index contributed by atoms with van der Waals surface area (Å²) in [7, 11) is 0. The normalized spacial score (nSPS) is 14.3. The summed E-state index contributed by atoms with van der Waals surface area (Å²) in [6.07, 6.45) is 22.1. The Morgan fingerprint density at radius 3 is 1.54 bits per heavy atom. The standard InChI is InChI=1S/C42H74N2O10/c1-36-32-41(49)44(42(36)50)25-23-38(46)20-17-15-13-11-9-7-5-3-4-6-8-10-12-14-16-18-21-39(47)33-43-24-27-52-29-31-54-35-40(48)22-19-26-51-28-30-53-34-37(2)45/h36,43H,3-35H2,1-2H3. The molecular formula is C42H74N2O10. The van der Waals surface area contributed by atoms with E-state index >= 15 is 0 Å². The van der Waals surface area contributed by atoms with Crippen molar-refractivity contribution in [3.63, 3.8) is 0 Å². The van der Waals surface area contributed by atoms with Crippen LogP contribution < -0.4 is 5.32 Å². The van der Waals surface area contributed by atoms with Crippen LogP contribution in [0.15, 0.2) is 0 Å². The number of Topliss-reactive ketones (excluding diaryl/α,β-unsaturated/α-hetero) is 4. The molecule has 0 bridgehead atoms. The Morgan fingerprint density at radius 2 is 1.02 bits per heavy atom.